The average molecular weight is 894 g/mol. The number of nitrogens with one attached hydrogen (secondary N) is 1. The van der Waals surface area contributed by atoms with Gasteiger partial charge in [-0.3, -0.25) is 4.79 Å². The normalized spacial score (nSPS) is 21.6. The van der Waals surface area contributed by atoms with Gasteiger partial charge in [-0.05, 0) is 89.9 Å². The third-order valence-corrected chi connectivity index (χ3v) is 12.1. The largest absolute Gasteiger partial charge is 0.394 e. The number of amides is 1. The van der Waals surface area contributed by atoms with Crippen LogP contribution in [0.1, 0.15) is 206 Å². The maximum Gasteiger partial charge on any atom is 0.249 e. The molecule has 11 nitrogen and oxygen atoms in total. The van der Waals surface area contributed by atoms with Gasteiger partial charge in [-0.2, -0.15) is 0 Å². The van der Waals surface area contributed by atoms with Crippen LogP contribution in [0.2, 0.25) is 0 Å². The smallest absolute Gasteiger partial charge is 0.249 e. The number of carbonyl (C=O) groups is 1. The highest BCUT2D eigenvalue weighted by Gasteiger charge is 2.44. The van der Waals surface area contributed by atoms with Gasteiger partial charge in [0.05, 0.1) is 25.4 Å². The van der Waals surface area contributed by atoms with Gasteiger partial charge in [0.15, 0.2) is 6.29 Å². The minimum atomic E-state index is -1.67. The Balaban J connectivity index is 2.44. The molecule has 0 spiro atoms. The van der Waals surface area contributed by atoms with Crippen molar-refractivity contribution in [3.8, 4) is 0 Å². The van der Waals surface area contributed by atoms with Crippen molar-refractivity contribution in [2.75, 3.05) is 13.2 Å². The molecule has 1 saturated heterocycles. The molecule has 0 bridgehead atoms. The number of hydrogen-bond acceptors (Lipinski definition) is 10. The number of allylic oxidation sites excluding steroid dienone is 8. The zero-order chi connectivity index (χ0) is 46.2. The fourth-order valence-corrected chi connectivity index (χ4v) is 7.82. The van der Waals surface area contributed by atoms with E-state index in [1.54, 1.807) is 0 Å². The van der Waals surface area contributed by atoms with Crippen molar-refractivity contribution in [2.24, 2.45) is 0 Å². The highest BCUT2D eigenvalue weighted by molar-refractivity contribution is 5.80. The molecule has 1 heterocycles. The molecule has 1 rings (SSSR count). The Kier molecular flexibility index (Phi) is 38.9. The van der Waals surface area contributed by atoms with Crippen LogP contribution >= 0.6 is 0 Å². The molecule has 9 unspecified atom stereocenters. The van der Waals surface area contributed by atoms with E-state index in [2.05, 4.69) is 67.8 Å². The van der Waals surface area contributed by atoms with Gasteiger partial charge in [0, 0.05) is 0 Å². The van der Waals surface area contributed by atoms with E-state index in [1.165, 1.54) is 89.9 Å². The van der Waals surface area contributed by atoms with E-state index >= 15 is 0 Å². The summed E-state index contributed by atoms with van der Waals surface area (Å²) in [7, 11) is 0. The second-order valence-electron chi connectivity index (χ2n) is 17.9. The monoisotopic (exact) mass is 894 g/mol. The molecular weight excluding hydrogens is 799 g/mol. The predicted octanol–water partition coefficient (Wildman–Crippen LogP) is 9.34. The lowest BCUT2D eigenvalue weighted by molar-refractivity contribution is -0.303. The molecule has 63 heavy (non-hydrogen) atoms. The molecule has 8 N–H and O–H groups in total. The molecule has 0 aromatic heterocycles. The summed E-state index contributed by atoms with van der Waals surface area (Å²) in [5.41, 5.74) is 0. The summed E-state index contributed by atoms with van der Waals surface area (Å²) in [6.45, 7) is 3.40. The molecular formula is C52H95NO10. The molecule has 11 heteroatoms. The van der Waals surface area contributed by atoms with Crippen LogP contribution in [0, 0.1) is 0 Å². The van der Waals surface area contributed by atoms with Crippen LogP contribution in [-0.2, 0) is 14.3 Å². The molecule has 1 aliphatic heterocycles. The zero-order valence-corrected chi connectivity index (χ0v) is 39.8. The summed E-state index contributed by atoms with van der Waals surface area (Å²) in [5.74, 6) is -0.720. The first-order chi connectivity index (χ1) is 30.7. The van der Waals surface area contributed by atoms with Crippen molar-refractivity contribution in [1.29, 1.82) is 0 Å². The highest BCUT2D eigenvalue weighted by Crippen LogP contribution is 2.23. The van der Waals surface area contributed by atoms with E-state index in [0.717, 1.165) is 70.6 Å². The summed E-state index contributed by atoms with van der Waals surface area (Å²) in [6, 6.07) is -1.20. The molecule has 1 amide bonds. The minimum absolute atomic E-state index is 0.238. The van der Waals surface area contributed by atoms with Gasteiger partial charge in [0.2, 0.25) is 5.91 Å². The number of unbranched alkanes of at least 4 members (excludes halogenated alkanes) is 22. The molecule has 368 valence electrons. The lowest BCUT2D eigenvalue weighted by Gasteiger charge is -2.40. The van der Waals surface area contributed by atoms with E-state index in [-0.39, 0.29) is 12.8 Å². The SMILES string of the molecule is CCCCCC/C=C\CCCCCCCCC(O)C(=O)NC(COC1OC(CO)C(O)C(O)C1O)C(O)C(O)CCC/C=C/CC/C=C/CC/C=C/CCCCCCCCCCC. The number of aliphatic hydroxyl groups is 7. The number of rotatable bonds is 42. The van der Waals surface area contributed by atoms with Crippen molar-refractivity contribution in [3.05, 3.63) is 48.6 Å². The van der Waals surface area contributed by atoms with Gasteiger partial charge in [-0.15, -0.1) is 0 Å². The third-order valence-electron chi connectivity index (χ3n) is 12.1. The number of aliphatic hydroxyl groups excluding tert-OH is 7. The second-order valence-corrected chi connectivity index (χ2v) is 17.9. The Labute approximate surface area is 383 Å². The maximum absolute atomic E-state index is 13.1. The summed E-state index contributed by atoms with van der Waals surface area (Å²) >= 11 is 0. The Morgan fingerprint density at radius 1 is 0.540 bits per heavy atom. The van der Waals surface area contributed by atoms with Crippen molar-refractivity contribution >= 4 is 5.91 Å². The van der Waals surface area contributed by atoms with Crippen LogP contribution in [0.3, 0.4) is 0 Å². The van der Waals surface area contributed by atoms with Crippen molar-refractivity contribution in [1.82, 2.24) is 5.32 Å². The molecule has 0 aromatic rings. The second kappa shape index (κ2) is 41.5. The lowest BCUT2D eigenvalue weighted by atomic mass is 9.98. The van der Waals surface area contributed by atoms with Gasteiger partial charge in [-0.1, -0.05) is 165 Å². The van der Waals surface area contributed by atoms with Crippen LogP contribution in [-0.4, -0.2) is 110 Å². The average Bonchev–Trinajstić information content (AvgIpc) is 3.28. The number of hydrogen-bond donors (Lipinski definition) is 8. The van der Waals surface area contributed by atoms with Crippen LogP contribution in [0.5, 0.6) is 0 Å². The van der Waals surface area contributed by atoms with Crippen molar-refractivity contribution in [2.45, 2.75) is 262 Å². The van der Waals surface area contributed by atoms with Gasteiger partial charge < -0.3 is 50.5 Å². The summed E-state index contributed by atoms with van der Waals surface area (Å²) in [6.07, 6.45) is 38.7. The van der Waals surface area contributed by atoms with E-state index < -0.39 is 74.2 Å². The number of carbonyl (C=O) groups excluding carboxylic acids is 1. The Morgan fingerprint density at radius 2 is 0.952 bits per heavy atom. The van der Waals surface area contributed by atoms with Crippen LogP contribution in [0.15, 0.2) is 48.6 Å². The van der Waals surface area contributed by atoms with Crippen LogP contribution in [0.4, 0.5) is 0 Å². The van der Waals surface area contributed by atoms with E-state index in [1.807, 2.05) is 0 Å². The zero-order valence-electron chi connectivity index (χ0n) is 39.8. The van der Waals surface area contributed by atoms with E-state index in [9.17, 15) is 40.5 Å². The van der Waals surface area contributed by atoms with Crippen molar-refractivity contribution < 1.29 is 50.0 Å². The van der Waals surface area contributed by atoms with Crippen LogP contribution < -0.4 is 5.32 Å². The lowest BCUT2D eigenvalue weighted by Crippen LogP contribution is -2.60. The number of ether oxygens (including phenoxy) is 2. The highest BCUT2D eigenvalue weighted by atomic mass is 16.7. The first-order valence-corrected chi connectivity index (χ1v) is 25.5. The predicted molar refractivity (Wildman–Crippen MR) is 256 cm³/mol. The van der Waals surface area contributed by atoms with Gasteiger partial charge in [0.25, 0.3) is 0 Å². The molecule has 1 aliphatic rings. The fraction of sp³-hybridized carbons (Fsp3) is 0.827. The van der Waals surface area contributed by atoms with Crippen molar-refractivity contribution in [3.63, 3.8) is 0 Å². The first-order valence-electron chi connectivity index (χ1n) is 25.5. The quantitative estimate of drug-likeness (QED) is 0.0217. The fourth-order valence-electron chi connectivity index (χ4n) is 7.82. The summed E-state index contributed by atoms with van der Waals surface area (Å²) < 4.78 is 11.1. The Bertz CT molecular complexity index is 1160. The Morgan fingerprint density at radius 3 is 1.43 bits per heavy atom. The molecule has 9 atom stereocenters. The molecule has 0 saturated carbocycles. The molecule has 0 radical (unpaired) electrons. The van der Waals surface area contributed by atoms with Crippen LogP contribution in [0.25, 0.3) is 0 Å². The summed E-state index contributed by atoms with van der Waals surface area (Å²) in [5, 5.41) is 75.8. The molecule has 0 aliphatic carbocycles. The first kappa shape index (κ1) is 59.1. The van der Waals surface area contributed by atoms with Gasteiger partial charge >= 0.3 is 0 Å². The van der Waals surface area contributed by atoms with E-state index in [0.29, 0.717) is 19.3 Å². The van der Waals surface area contributed by atoms with Gasteiger partial charge in [-0.25, -0.2) is 0 Å². The summed E-state index contributed by atoms with van der Waals surface area (Å²) in [4.78, 5) is 13.1. The topological polar surface area (TPSA) is 189 Å². The Hall–Kier alpha value is -1.93. The minimum Gasteiger partial charge on any atom is -0.394 e. The third kappa shape index (κ3) is 30.8. The van der Waals surface area contributed by atoms with Gasteiger partial charge in [0.1, 0.15) is 36.6 Å². The molecule has 0 aromatic carbocycles. The standard InChI is InChI=1S/C52H95NO10/c1-3-5-7-9-11-13-15-17-19-20-21-22-23-24-25-26-28-29-31-33-35-37-39-44(55)47(57)43(42-62-52-50(60)49(59)48(58)46(41-54)63-52)53-51(61)45(56)40-38-36-34-32-30-27-18-16-14-12-10-8-6-4-2/h14,16,21-22,25-26,31,33,43-50,52,54-60H,3-13,15,17-20,23-24,27-30,32,34-42H2,1-2H3,(H,53,61)/b16-14-,22-21+,26-25+,33-31+. The maximum atomic E-state index is 13.1. The van der Waals surface area contributed by atoms with E-state index in [4.69, 9.17) is 9.47 Å². The molecule has 1 fully saturated rings.